The molecule has 0 bridgehead atoms. The zero-order valence-electron chi connectivity index (χ0n) is 13.3. The van der Waals surface area contributed by atoms with E-state index in [0.717, 1.165) is 37.1 Å². The fourth-order valence-electron chi connectivity index (χ4n) is 2.90. The lowest BCUT2D eigenvalue weighted by Gasteiger charge is -2.31. The first-order valence-electron chi connectivity index (χ1n) is 7.88. The monoisotopic (exact) mass is 306 g/mol. The van der Waals surface area contributed by atoms with Gasteiger partial charge in [0.2, 0.25) is 5.91 Å². The van der Waals surface area contributed by atoms with Crippen LogP contribution in [0.25, 0.3) is 0 Å². The van der Waals surface area contributed by atoms with Crippen molar-refractivity contribution in [2.45, 2.75) is 26.0 Å². The number of likely N-dealkylation sites (tertiary alicyclic amines) is 1. The van der Waals surface area contributed by atoms with Crippen molar-refractivity contribution in [2.24, 2.45) is 5.92 Å². The van der Waals surface area contributed by atoms with E-state index in [4.69, 9.17) is 4.74 Å². The Morgan fingerprint density at radius 2 is 2.27 bits per heavy atom. The molecule has 0 aliphatic carbocycles. The van der Waals surface area contributed by atoms with Gasteiger partial charge in [0.05, 0.1) is 13.2 Å². The molecular formula is C17H26N2O3. The number of nitrogens with zero attached hydrogens (tertiary/aromatic N) is 1. The molecule has 1 aromatic rings. The van der Waals surface area contributed by atoms with E-state index in [0.29, 0.717) is 25.6 Å². The number of rotatable bonds is 7. The number of carbonyl (C=O) groups is 1. The van der Waals surface area contributed by atoms with Crippen molar-refractivity contribution in [3.63, 3.8) is 0 Å². The van der Waals surface area contributed by atoms with Gasteiger partial charge in [-0.15, -0.1) is 0 Å². The standard InChI is InChI=1S/C17H26N2O3/c1-22-13-15-5-2-4-14(8-15)9-18-17(21)11-19-7-3-6-16(10-19)12-20/h2,4-5,8,16,20H,3,6-7,9-13H2,1H3,(H,18,21). The summed E-state index contributed by atoms with van der Waals surface area (Å²) in [7, 11) is 1.67. The van der Waals surface area contributed by atoms with Crippen molar-refractivity contribution >= 4 is 5.91 Å². The Labute approximate surface area is 132 Å². The summed E-state index contributed by atoms with van der Waals surface area (Å²) in [5, 5.41) is 12.2. The van der Waals surface area contributed by atoms with Crippen molar-refractivity contribution in [3.05, 3.63) is 35.4 Å². The molecular weight excluding hydrogens is 280 g/mol. The Kier molecular flexibility index (Phi) is 6.83. The van der Waals surface area contributed by atoms with E-state index in [1.807, 2.05) is 24.3 Å². The second-order valence-electron chi connectivity index (χ2n) is 5.96. The fraction of sp³-hybridized carbons (Fsp3) is 0.588. The van der Waals surface area contributed by atoms with Gasteiger partial charge in [0.25, 0.3) is 0 Å². The molecule has 122 valence electrons. The van der Waals surface area contributed by atoms with Crippen LogP contribution >= 0.6 is 0 Å². The summed E-state index contributed by atoms with van der Waals surface area (Å²) in [6.45, 7) is 3.49. The summed E-state index contributed by atoms with van der Waals surface area (Å²) in [5.74, 6) is 0.350. The molecule has 5 heteroatoms. The Balaban J connectivity index is 1.76. The number of carbonyl (C=O) groups excluding carboxylic acids is 1. The molecule has 1 atom stereocenters. The number of hydrogen-bond acceptors (Lipinski definition) is 4. The minimum Gasteiger partial charge on any atom is -0.396 e. The first-order chi connectivity index (χ1) is 10.7. The molecule has 1 heterocycles. The zero-order chi connectivity index (χ0) is 15.8. The molecule has 1 aliphatic rings. The highest BCUT2D eigenvalue weighted by atomic mass is 16.5. The number of methoxy groups -OCH3 is 1. The largest absolute Gasteiger partial charge is 0.396 e. The summed E-state index contributed by atoms with van der Waals surface area (Å²) in [4.78, 5) is 14.2. The van der Waals surface area contributed by atoms with Gasteiger partial charge in [-0.1, -0.05) is 24.3 Å². The van der Waals surface area contributed by atoms with Gasteiger partial charge in [0.1, 0.15) is 0 Å². The highest BCUT2D eigenvalue weighted by Crippen LogP contribution is 2.15. The van der Waals surface area contributed by atoms with Crippen LogP contribution in [-0.2, 0) is 22.7 Å². The van der Waals surface area contributed by atoms with Gasteiger partial charge in [-0.25, -0.2) is 0 Å². The molecule has 22 heavy (non-hydrogen) atoms. The molecule has 1 unspecified atom stereocenters. The Morgan fingerprint density at radius 1 is 1.45 bits per heavy atom. The highest BCUT2D eigenvalue weighted by molar-refractivity contribution is 5.78. The molecule has 2 rings (SSSR count). The van der Waals surface area contributed by atoms with Crippen molar-refractivity contribution in [3.8, 4) is 0 Å². The maximum atomic E-state index is 12.1. The third-order valence-electron chi connectivity index (χ3n) is 4.02. The summed E-state index contributed by atoms with van der Waals surface area (Å²) < 4.78 is 5.12. The smallest absolute Gasteiger partial charge is 0.234 e. The predicted octanol–water partition coefficient (Wildman–Crippen LogP) is 1.15. The van der Waals surface area contributed by atoms with Crippen molar-refractivity contribution in [2.75, 3.05) is 33.4 Å². The van der Waals surface area contributed by atoms with Crippen LogP contribution in [0, 0.1) is 5.92 Å². The quantitative estimate of drug-likeness (QED) is 0.793. The van der Waals surface area contributed by atoms with Crippen LogP contribution in [-0.4, -0.2) is 49.3 Å². The second kappa shape index (κ2) is 8.88. The van der Waals surface area contributed by atoms with Gasteiger partial charge in [-0.3, -0.25) is 9.69 Å². The van der Waals surface area contributed by atoms with E-state index in [-0.39, 0.29) is 12.5 Å². The number of aliphatic hydroxyl groups excluding tert-OH is 1. The normalized spacial score (nSPS) is 19.1. The SMILES string of the molecule is COCc1cccc(CNC(=O)CN2CCCC(CO)C2)c1. The Morgan fingerprint density at radius 3 is 3.05 bits per heavy atom. The molecule has 1 aromatic carbocycles. The zero-order valence-corrected chi connectivity index (χ0v) is 13.3. The summed E-state index contributed by atoms with van der Waals surface area (Å²) in [5.41, 5.74) is 2.19. The lowest BCUT2D eigenvalue weighted by Crippen LogP contribution is -2.43. The van der Waals surface area contributed by atoms with E-state index in [1.165, 1.54) is 0 Å². The van der Waals surface area contributed by atoms with Crippen molar-refractivity contribution in [1.82, 2.24) is 10.2 Å². The van der Waals surface area contributed by atoms with E-state index in [1.54, 1.807) is 7.11 Å². The van der Waals surface area contributed by atoms with Crippen LogP contribution in [0.2, 0.25) is 0 Å². The molecule has 0 aromatic heterocycles. The second-order valence-corrected chi connectivity index (χ2v) is 5.96. The number of nitrogens with one attached hydrogen (secondary N) is 1. The average Bonchev–Trinajstić information content (AvgIpc) is 2.54. The molecule has 0 radical (unpaired) electrons. The third kappa shape index (κ3) is 5.40. The number of hydrogen-bond donors (Lipinski definition) is 2. The van der Waals surface area contributed by atoms with Crippen LogP contribution in [0.5, 0.6) is 0 Å². The Hall–Kier alpha value is -1.43. The van der Waals surface area contributed by atoms with E-state index < -0.39 is 0 Å². The lowest BCUT2D eigenvalue weighted by atomic mass is 9.99. The van der Waals surface area contributed by atoms with Gasteiger partial charge in [0, 0.05) is 26.8 Å². The minimum absolute atomic E-state index is 0.0377. The van der Waals surface area contributed by atoms with Crippen LogP contribution in [0.3, 0.4) is 0 Å². The van der Waals surface area contributed by atoms with E-state index >= 15 is 0 Å². The van der Waals surface area contributed by atoms with Gasteiger partial charge in [-0.05, 0) is 36.4 Å². The van der Waals surface area contributed by atoms with Gasteiger partial charge in [-0.2, -0.15) is 0 Å². The summed E-state index contributed by atoms with van der Waals surface area (Å²) >= 11 is 0. The first kappa shape index (κ1) is 16.9. The molecule has 1 saturated heterocycles. The number of benzene rings is 1. The summed E-state index contributed by atoms with van der Waals surface area (Å²) in [6.07, 6.45) is 2.11. The molecule has 0 spiro atoms. The number of piperidine rings is 1. The van der Waals surface area contributed by atoms with Gasteiger partial charge >= 0.3 is 0 Å². The van der Waals surface area contributed by atoms with Crippen LogP contribution in [0.15, 0.2) is 24.3 Å². The van der Waals surface area contributed by atoms with Crippen LogP contribution in [0.4, 0.5) is 0 Å². The molecule has 2 N–H and O–H groups in total. The third-order valence-corrected chi connectivity index (χ3v) is 4.02. The lowest BCUT2D eigenvalue weighted by molar-refractivity contribution is -0.122. The molecule has 1 amide bonds. The summed E-state index contributed by atoms with van der Waals surface area (Å²) in [6, 6.07) is 8.04. The number of aliphatic hydroxyl groups is 1. The minimum atomic E-state index is 0.0377. The van der Waals surface area contributed by atoms with E-state index in [2.05, 4.69) is 10.2 Å². The van der Waals surface area contributed by atoms with E-state index in [9.17, 15) is 9.90 Å². The predicted molar refractivity (Wildman–Crippen MR) is 85.3 cm³/mol. The molecule has 5 nitrogen and oxygen atoms in total. The van der Waals surface area contributed by atoms with Crippen LogP contribution in [0.1, 0.15) is 24.0 Å². The maximum Gasteiger partial charge on any atom is 0.234 e. The van der Waals surface area contributed by atoms with Crippen molar-refractivity contribution in [1.29, 1.82) is 0 Å². The molecule has 1 aliphatic heterocycles. The first-order valence-corrected chi connectivity index (χ1v) is 7.88. The van der Waals surface area contributed by atoms with Gasteiger partial charge in [0.15, 0.2) is 0 Å². The van der Waals surface area contributed by atoms with Gasteiger partial charge < -0.3 is 15.2 Å². The van der Waals surface area contributed by atoms with Crippen molar-refractivity contribution < 1.29 is 14.6 Å². The maximum absolute atomic E-state index is 12.1. The highest BCUT2D eigenvalue weighted by Gasteiger charge is 2.20. The topological polar surface area (TPSA) is 61.8 Å². The fourth-order valence-corrected chi connectivity index (χ4v) is 2.90. The number of amides is 1. The number of ether oxygens (including phenoxy) is 1. The molecule has 1 fully saturated rings. The molecule has 0 saturated carbocycles. The average molecular weight is 306 g/mol. The Bertz CT molecular complexity index is 479. The van der Waals surface area contributed by atoms with Crippen LogP contribution < -0.4 is 5.32 Å².